The van der Waals surface area contributed by atoms with Gasteiger partial charge in [0.15, 0.2) is 0 Å². The first kappa shape index (κ1) is 19.2. The summed E-state index contributed by atoms with van der Waals surface area (Å²) in [6, 6.07) is 21.2. The predicted molar refractivity (Wildman–Crippen MR) is 115 cm³/mol. The molecular formula is C23H22N2O3S. The highest BCUT2D eigenvalue weighted by atomic mass is 32.2. The van der Waals surface area contributed by atoms with Crippen molar-refractivity contribution in [3.63, 3.8) is 0 Å². The number of rotatable bonds is 4. The summed E-state index contributed by atoms with van der Waals surface area (Å²) in [5.74, 6) is -0.115. The number of amides is 1. The highest BCUT2D eigenvalue weighted by Gasteiger charge is 2.25. The Labute approximate surface area is 171 Å². The van der Waals surface area contributed by atoms with E-state index in [4.69, 9.17) is 0 Å². The molecule has 5 nitrogen and oxygen atoms in total. The Hall–Kier alpha value is -3.12. The van der Waals surface area contributed by atoms with Crippen molar-refractivity contribution in [2.75, 3.05) is 16.2 Å². The second-order valence-electron chi connectivity index (χ2n) is 7.09. The molecule has 3 aromatic carbocycles. The van der Waals surface area contributed by atoms with Gasteiger partial charge in [-0.25, -0.2) is 8.42 Å². The number of benzene rings is 3. The zero-order valence-corrected chi connectivity index (χ0v) is 16.9. The Balaban J connectivity index is 1.67. The lowest BCUT2D eigenvalue weighted by molar-refractivity contribution is 0.0984. The van der Waals surface area contributed by atoms with Crippen LogP contribution in [0.4, 0.5) is 11.4 Å². The van der Waals surface area contributed by atoms with Gasteiger partial charge in [-0.2, -0.15) is 0 Å². The molecule has 0 bridgehead atoms. The minimum atomic E-state index is -3.73. The van der Waals surface area contributed by atoms with Crippen molar-refractivity contribution in [2.45, 2.75) is 24.7 Å². The summed E-state index contributed by atoms with van der Waals surface area (Å²) in [6.07, 6.45) is 1.86. The van der Waals surface area contributed by atoms with Gasteiger partial charge in [0.2, 0.25) is 0 Å². The number of aryl methyl sites for hydroxylation is 1. The first-order valence-corrected chi connectivity index (χ1v) is 11.0. The van der Waals surface area contributed by atoms with E-state index in [0.29, 0.717) is 23.4 Å². The van der Waals surface area contributed by atoms with Crippen LogP contribution in [-0.2, 0) is 16.4 Å². The Morgan fingerprint density at radius 3 is 2.45 bits per heavy atom. The second kappa shape index (κ2) is 7.72. The van der Waals surface area contributed by atoms with Crippen molar-refractivity contribution >= 4 is 27.3 Å². The van der Waals surface area contributed by atoms with E-state index in [2.05, 4.69) is 4.72 Å². The zero-order chi connectivity index (χ0) is 20.4. The van der Waals surface area contributed by atoms with E-state index >= 15 is 0 Å². The zero-order valence-electron chi connectivity index (χ0n) is 16.1. The minimum Gasteiger partial charge on any atom is -0.308 e. The maximum atomic E-state index is 13.3. The molecule has 0 saturated heterocycles. The Kier molecular flexibility index (Phi) is 5.11. The summed E-state index contributed by atoms with van der Waals surface area (Å²) in [5.41, 5.74) is 3.60. The Bertz CT molecular complexity index is 1160. The van der Waals surface area contributed by atoms with Crippen LogP contribution in [0.15, 0.2) is 77.7 Å². The summed E-state index contributed by atoms with van der Waals surface area (Å²) >= 11 is 0. The Morgan fingerprint density at radius 1 is 0.931 bits per heavy atom. The summed E-state index contributed by atoms with van der Waals surface area (Å²) in [5, 5.41) is 0. The van der Waals surface area contributed by atoms with E-state index in [1.165, 1.54) is 12.1 Å². The lowest BCUT2D eigenvalue weighted by Crippen LogP contribution is -2.36. The van der Waals surface area contributed by atoms with Gasteiger partial charge in [-0.15, -0.1) is 0 Å². The molecule has 4 rings (SSSR count). The van der Waals surface area contributed by atoms with E-state index in [-0.39, 0.29) is 10.8 Å². The lowest BCUT2D eigenvalue weighted by atomic mass is 9.99. The van der Waals surface area contributed by atoms with E-state index in [0.717, 1.165) is 24.1 Å². The molecule has 0 radical (unpaired) electrons. The number of fused-ring (bicyclic) bond motifs is 1. The monoisotopic (exact) mass is 406 g/mol. The van der Waals surface area contributed by atoms with Gasteiger partial charge >= 0.3 is 0 Å². The van der Waals surface area contributed by atoms with Gasteiger partial charge in [0.05, 0.1) is 10.6 Å². The molecular weight excluding hydrogens is 384 g/mol. The minimum absolute atomic E-state index is 0.115. The standard InChI is InChI=1S/C23H22N2O3S/c1-17-20(23(26)25-16-8-10-18-9-5-6-15-22(18)25)13-7-14-21(17)24-29(27,28)19-11-3-2-4-12-19/h2-7,9,11-15,24H,8,10,16H2,1H3. The van der Waals surface area contributed by atoms with E-state index in [9.17, 15) is 13.2 Å². The predicted octanol–water partition coefficient (Wildman–Crippen LogP) is 4.39. The summed E-state index contributed by atoms with van der Waals surface area (Å²) in [4.78, 5) is 15.3. The SMILES string of the molecule is Cc1c(NS(=O)(=O)c2ccccc2)cccc1C(=O)N1CCCc2ccccc21. The largest absolute Gasteiger partial charge is 0.308 e. The van der Waals surface area contributed by atoms with Crippen molar-refractivity contribution in [2.24, 2.45) is 0 Å². The van der Waals surface area contributed by atoms with Gasteiger partial charge in [-0.1, -0.05) is 42.5 Å². The van der Waals surface area contributed by atoms with Crippen LogP contribution in [0.3, 0.4) is 0 Å². The quantitative estimate of drug-likeness (QED) is 0.699. The van der Waals surface area contributed by atoms with Crippen molar-refractivity contribution in [1.82, 2.24) is 0 Å². The van der Waals surface area contributed by atoms with Crippen LogP contribution in [0, 0.1) is 6.92 Å². The topological polar surface area (TPSA) is 66.5 Å². The summed E-state index contributed by atoms with van der Waals surface area (Å²) < 4.78 is 28.0. The molecule has 1 aliphatic heterocycles. The number of carbonyl (C=O) groups is 1. The van der Waals surface area contributed by atoms with Crippen molar-refractivity contribution in [3.05, 3.63) is 89.5 Å². The highest BCUT2D eigenvalue weighted by molar-refractivity contribution is 7.92. The van der Waals surface area contributed by atoms with Crippen LogP contribution in [-0.4, -0.2) is 20.9 Å². The molecule has 0 fully saturated rings. The third-order valence-corrected chi connectivity index (χ3v) is 6.60. The normalized spacial score (nSPS) is 13.6. The molecule has 148 valence electrons. The number of hydrogen-bond donors (Lipinski definition) is 1. The third kappa shape index (κ3) is 3.76. The molecule has 1 N–H and O–H groups in total. The van der Waals surface area contributed by atoms with Gasteiger partial charge in [0.25, 0.3) is 15.9 Å². The molecule has 0 saturated carbocycles. The van der Waals surface area contributed by atoms with Crippen molar-refractivity contribution in [3.8, 4) is 0 Å². The van der Waals surface area contributed by atoms with Crippen LogP contribution in [0.5, 0.6) is 0 Å². The number of nitrogens with one attached hydrogen (secondary N) is 1. The molecule has 29 heavy (non-hydrogen) atoms. The van der Waals surface area contributed by atoms with Gasteiger partial charge in [-0.3, -0.25) is 9.52 Å². The number of para-hydroxylation sites is 1. The molecule has 1 heterocycles. The second-order valence-corrected chi connectivity index (χ2v) is 8.77. The molecule has 0 aromatic heterocycles. The lowest BCUT2D eigenvalue weighted by Gasteiger charge is -2.30. The number of sulfonamides is 1. The van der Waals surface area contributed by atoms with E-state index in [1.54, 1.807) is 48.2 Å². The number of carbonyl (C=O) groups excluding carboxylic acids is 1. The average molecular weight is 407 g/mol. The molecule has 6 heteroatoms. The summed E-state index contributed by atoms with van der Waals surface area (Å²) in [7, 11) is -3.73. The van der Waals surface area contributed by atoms with Crippen LogP contribution in [0.2, 0.25) is 0 Å². The van der Waals surface area contributed by atoms with Gasteiger partial charge in [0, 0.05) is 17.8 Å². The van der Waals surface area contributed by atoms with Gasteiger partial charge < -0.3 is 4.90 Å². The third-order valence-electron chi connectivity index (χ3n) is 5.22. The molecule has 1 amide bonds. The number of hydrogen-bond acceptors (Lipinski definition) is 3. The molecule has 3 aromatic rings. The Morgan fingerprint density at radius 2 is 1.66 bits per heavy atom. The number of nitrogens with zero attached hydrogens (tertiary/aromatic N) is 1. The first-order valence-electron chi connectivity index (χ1n) is 9.54. The fraction of sp³-hybridized carbons (Fsp3) is 0.174. The smallest absolute Gasteiger partial charge is 0.261 e. The van der Waals surface area contributed by atoms with E-state index < -0.39 is 10.0 Å². The molecule has 0 unspecified atom stereocenters. The van der Waals surface area contributed by atoms with Crippen LogP contribution < -0.4 is 9.62 Å². The van der Waals surface area contributed by atoms with E-state index in [1.807, 2.05) is 24.3 Å². The molecule has 0 aliphatic carbocycles. The van der Waals surface area contributed by atoms with Crippen LogP contribution in [0.1, 0.15) is 27.9 Å². The highest BCUT2D eigenvalue weighted by Crippen LogP contribution is 2.30. The average Bonchev–Trinajstić information content (AvgIpc) is 2.75. The first-order chi connectivity index (χ1) is 14.0. The van der Waals surface area contributed by atoms with Crippen molar-refractivity contribution in [1.29, 1.82) is 0 Å². The number of anilines is 2. The fourth-order valence-corrected chi connectivity index (χ4v) is 4.82. The molecule has 1 aliphatic rings. The van der Waals surface area contributed by atoms with Gasteiger partial charge in [0.1, 0.15) is 0 Å². The van der Waals surface area contributed by atoms with Crippen LogP contribution >= 0.6 is 0 Å². The maximum Gasteiger partial charge on any atom is 0.261 e. The fourth-order valence-electron chi connectivity index (χ4n) is 3.67. The molecule has 0 atom stereocenters. The molecule has 0 spiro atoms. The summed E-state index contributed by atoms with van der Waals surface area (Å²) in [6.45, 7) is 2.42. The van der Waals surface area contributed by atoms with Crippen LogP contribution in [0.25, 0.3) is 0 Å². The maximum absolute atomic E-state index is 13.3. The van der Waals surface area contributed by atoms with Gasteiger partial charge in [-0.05, 0) is 61.2 Å². The van der Waals surface area contributed by atoms with Crippen molar-refractivity contribution < 1.29 is 13.2 Å².